The summed E-state index contributed by atoms with van der Waals surface area (Å²) in [7, 11) is 1.80. The molecule has 1 aromatic carbocycles. The number of aromatic nitrogens is 3. The third-order valence-corrected chi connectivity index (χ3v) is 6.24. The van der Waals surface area contributed by atoms with Gasteiger partial charge in [-0.25, -0.2) is 4.52 Å². The quantitative estimate of drug-likeness (QED) is 0.417. The minimum atomic E-state index is 0.428. The average molecular weight is 448 g/mol. The minimum Gasteiger partial charge on any atom is -0.393 e. The van der Waals surface area contributed by atoms with Gasteiger partial charge >= 0.3 is 0 Å². The van der Waals surface area contributed by atoms with Gasteiger partial charge in [-0.3, -0.25) is 9.88 Å². The predicted molar refractivity (Wildman–Crippen MR) is 133 cm³/mol. The lowest BCUT2D eigenvalue weighted by Gasteiger charge is -2.39. The molecule has 1 aliphatic heterocycles. The van der Waals surface area contributed by atoms with Crippen molar-refractivity contribution in [1.82, 2.24) is 24.8 Å². The first-order valence-electron chi connectivity index (χ1n) is 11.2. The van der Waals surface area contributed by atoms with Crippen LogP contribution in [-0.2, 0) is 6.54 Å². The van der Waals surface area contributed by atoms with Crippen LogP contribution in [0.5, 0.6) is 0 Å². The summed E-state index contributed by atoms with van der Waals surface area (Å²) >= 11 is 0. The average Bonchev–Trinajstić information content (AvgIpc) is 3.28. The first kappa shape index (κ1) is 21.6. The van der Waals surface area contributed by atoms with E-state index < -0.39 is 0 Å². The van der Waals surface area contributed by atoms with Gasteiger partial charge in [0, 0.05) is 85.4 Å². The summed E-state index contributed by atoms with van der Waals surface area (Å²) in [5.41, 5.74) is 7.01. The first-order chi connectivity index (χ1) is 16.7. The fourth-order valence-electron chi connectivity index (χ4n) is 4.48. The molecule has 5 rings (SSSR count). The molecule has 0 amide bonds. The van der Waals surface area contributed by atoms with Crippen LogP contribution in [0.15, 0.2) is 73.3 Å². The van der Waals surface area contributed by atoms with Crippen molar-refractivity contribution in [3.8, 4) is 17.2 Å². The molecule has 0 bridgehead atoms. The second-order valence-electron chi connectivity index (χ2n) is 8.49. The van der Waals surface area contributed by atoms with Crippen LogP contribution in [0.4, 0.5) is 0 Å². The molecule has 0 aliphatic carbocycles. The van der Waals surface area contributed by atoms with E-state index in [9.17, 15) is 5.26 Å². The maximum absolute atomic E-state index is 9.61. The molecule has 0 spiro atoms. The van der Waals surface area contributed by atoms with E-state index in [-0.39, 0.29) is 0 Å². The Balaban J connectivity index is 1.42. The lowest BCUT2D eigenvalue weighted by molar-refractivity contribution is 0.137. The molecule has 0 atom stereocenters. The number of pyridine rings is 2. The Morgan fingerprint density at radius 1 is 1.21 bits per heavy atom. The number of nitrogens with one attached hydrogen (secondary N) is 2. The van der Waals surface area contributed by atoms with E-state index in [0.29, 0.717) is 11.5 Å². The highest BCUT2D eigenvalue weighted by atomic mass is 15.2. The van der Waals surface area contributed by atoms with Crippen LogP contribution in [0.3, 0.4) is 0 Å². The smallest absolute Gasteiger partial charge is 0.103 e. The van der Waals surface area contributed by atoms with Gasteiger partial charge in [0.05, 0.1) is 17.3 Å². The van der Waals surface area contributed by atoms with E-state index in [1.807, 2.05) is 24.5 Å². The molecule has 7 heteroatoms. The Bertz CT molecular complexity index is 1390. The number of hydrogen-bond donors (Lipinski definition) is 2. The highest BCUT2D eigenvalue weighted by molar-refractivity contribution is 6.08. The topological polar surface area (TPSA) is 93.1 Å². The molecule has 7 nitrogen and oxygen atoms in total. The van der Waals surface area contributed by atoms with Gasteiger partial charge in [0.2, 0.25) is 0 Å². The standard InChI is InChI=1S/C27H25N7/c1-30-12-22(10-28)21-9-25(27-23(11-29)14-32-34(27)18-21)20-7-8-26(31-13-20)24-16-33(17-24)15-19-5-3-2-4-6-19/h2-10,12-14,18,24,28,30H,15-17H2,1H3/b22-12+,28-10?. The Morgan fingerprint density at radius 3 is 2.71 bits per heavy atom. The van der Waals surface area contributed by atoms with Crippen molar-refractivity contribution in [2.24, 2.45) is 0 Å². The zero-order valence-corrected chi connectivity index (χ0v) is 18.9. The molecule has 0 radical (unpaired) electrons. The molecule has 2 N–H and O–H groups in total. The Hall–Kier alpha value is -4.28. The highest BCUT2D eigenvalue weighted by Crippen LogP contribution is 2.32. The van der Waals surface area contributed by atoms with Gasteiger partial charge in [-0.1, -0.05) is 36.4 Å². The number of benzene rings is 1. The van der Waals surface area contributed by atoms with Crippen LogP contribution >= 0.6 is 0 Å². The summed E-state index contributed by atoms with van der Waals surface area (Å²) in [6, 6.07) is 18.9. The van der Waals surface area contributed by atoms with E-state index in [1.165, 1.54) is 11.8 Å². The molecule has 168 valence electrons. The second kappa shape index (κ2) is 9.30. The Kier molecular flexibility index (Phi) is 5.90. The van der Waals surface area contributed by atoms with Crippen LogP contribution in [0, 0.1) is 16.7 Å². The molecule has 34 heavy (non-hydrogen) atoms. The maximum atomic E-state index is 9.61. The number of nitrogens with zero attached hydrogens (tertiary/aromatic N) is 5. The van der Waals surface area contributed by atoms with Crippen LogP contribution in [-0.4, -0.2) is 45.8 Å². The zero-order chi connectivity index (χ0) is 23.5. The molecule has 4 heterocycles. The minimum absolute atomic E-state index is 0.428. The molecule has 1 aliphatic rings. The Morgan fingerprint density at radius 2 is 2.03 bits per heavy atom. The predicted octanol–water partition coefficient (Wildman–Crippen LogP) is 4.08. The normalized spacial score (nSPS) is 14.5. The Labute approximate surface area is 198 Å². The molecule has 0 saturated carbocycles. The van der Waals surface area contributed by atoms with Crippen molar-refractivity contribution < 1.29 is 0 Å². The first-order valence-corrected chi connectivity index (χ1v) is 11.2. The zero-order valence-electron chi connectivity index (χ0n) is 18.9. The SMILES string of the molecule is CN/C=C(\C=N)c1cc(-c2ccc(C3CN(Cc4ccccc4)C3)nc2)c2c(C#N)cnn2c1. The third-order valence-electron chi connectivity index (χ3n) is 6.24. The van der Waals surface area contributed by atoms with Gasteiger partial charge in [0.1, 0.15) is 6.07 Å². The summed E-state index contributed by atoms with van der Waals surface area (Å²) < 4.78 is 1.71. The molecule has 0 unspecified atom stereocenters. The van der Waals surface area contributed by atoms with E-state index in [0.717, 1.165) is 53.1 Å². The lowest BCUT2D eigenvalue weighted by atomic mass is 9.94. The van der Waals surface area contributed by atoms with E-state index in [2.05, 4.69) is 57.8 Å². The van der Waals surface area contributed by atoms with Gasteiger partial charge in [-0.2, -0.15) is 10.4 Å². The van der Waals surface area contributed by atoms with Gasteiger partial charge in [-0.15, -0.1) is 0 Å². The van der Waals surface area contributed by atoms with Gasteiger partial charge in [0.15, 0.2) is 0 Å². The van der Waals surface area contributed by atoms with Gasteiger partial charge in [0.25, 0.3) is 0 Å². The van der Waals surface area contributed by atoms with Crippen LogP contribution in [0.2, 0.25) is 0 Å². The van der Waals surface area contributed by atoms with E-state index in [4.69, 9.17) is 10.4 Å². The fraction of sp³-hybridized carbons (Fsp3) is 0.185. The van der Waals surface area contributed by atoms with Crippen molar-refractivity contribution in [1.29, 1.82) is 10.7 Å². The summed E-state index contributed by atoms with van der Waals surface area (Å²) in [5.74, 6) is 0.428. The van der Waals surface area contributed by atoms with Crippen LogP contribution in [0.25, 0.3) is 22.2 Å². The number of allylic oxidation sites excluding steroid dienone is 1. The number of likely N-dealkylation sites (tertiary alicyclic amines) is 1. The summed E-state index contributed by atoms with van der Waals surface area (Å²) in [4.78, 5) is 7.22. The van der Waals surface area contributed by atoms with Gasteiger partial charge in [-0.05, 0) is 17.7 Å². The van der Waals surface area contributed by atoms with E-state index in [1.54, 1.807) is 24.0 Å². The second-order valence-corrected chi connectivity index (χ2v) is 8.49. The van der Waals surface area contributed by atoms with Crippen molar-refractivity contribution >= 4 is 17.3 Å². The number of hydrogen-bond acceptors (Lipinski definition) is 6. The van der Waals surface area contributed by atoms with E-state index >= 15 is 0 Å². The fourth-order valence-corrected chi connectivity index (χ4v) is 4.48. The molecular formula is C27H25N7. The molecule has 4 aromatic rings. The summed E-state index contributed by atoms with van der Waals surface area (Å²) in [5, 5.41) is 24.7. The third kappa shape index (κ3) is 4.07. The number of rotatable bonds is 7. The molecule has 3 aromatic heterocycles. The number of fused-ring (bicyclic) bond motifs is 1. The highest BCUT2D eigenvalue weighted by Gasteiger charge is 2.29. The van der Waals surface area contributed by atoms with Crippen molar-refractivity contribution in [2.75, 3.05) is 20.1 Å². The van der Waals surface area contributed by atoms with Crippen molar-refractivity contribution in [3.63, 3.8) is 0 Å². The number of nitriles is 1. The van der Waals surface area contributed by atoms with Gasteiger partial charge < -0.3 is 10.7 Å². The summed E-state index contributed by atoms with van der Waals surface area (Å²) in [6.45, 7) is 2.97. The maximum Gasteiger partial charge on any atom is 0.103 e. The molecular weight excluding hydrogens is 422 g/mol. The van der Waals surface area contributed by atoms with Crippen molar-refractivity contribution in [3.05, 3.63) is 95.7 Å². The monoisotopic (exact) mass is 447 g/mol. The van der Waals surface area contributed by atoms with Crippen LogP contribution < -0.4 is 5.32 Å². The van der Waals surface area contributed by atoms with Crippen molar-refractivity contribution in [2.45, 2.75) is 12.5 Å². The molecule has 1 saturated heterocycles. The largest absolute Gasteiger partial charge is 0.393 e. The lowest BCUT2D eigenvalue weighted by Crippen LogP contribution is -2.44. The molecule has 1 fully saturated rings. The van der Waals surface area contributed by atoms with Crippen LogP contribution in [0.1, 0.15) is 28.3 Å². The summed E-state index contributed by atoms with van der Waals surface area (Å²) in [6.07, 6.45) is 8.37.